The van der Waals surface area contributed by atoms with Gasteiger partial charge in [0, 0.05) is 0 Å². The number of nitriles is 1. The Morgan fingerprint density at radius 1 is 0.742 bits per heavy atom. The molecule has 0 N–H and O–H groups in total. The Hall–Kier alpha value is -1.50. The van der Waals surface area contributed by atoms with Gasteiger partial charge in [-0.1, -0.05) is 56.2 Å². The molecule has 0 heterocycles. The number of unbranched alkanes of at least 4 members (excludes halogenated alkanes) is 1. The molecule has 0 aromatic heterocycles. The SMILES string of the molecule is CCCC[Si](C)(C)O[Si](C)(C)O[Si](C)(C)CCc1ccc(-c2ccc(C#N)cc2)cc1. The number of aryl methyl sites for hydroxylation is 1. The van der Waals surface area contributed by atoms with Crippen LogP contribution in [0.25, 0.3) is 11.1 Å². The maximum absolute atomic E-state index is 8.96. The lowest BCUT2D eigenvalue weighted by molar-refractivity contribution is 0.387. The zero-order valence-electron chi connectivity index (χ0n) is 20.4. The third kappa shape index (κ3) is 8.87. The lowest BCUT2D eigenvalue weighted by Gasteiger charge is -2.38. The van der Waals surface area contributed by atoms with Gasteiger partial charge < -0.3 is 8.23 Å². The van der Waals surface area contributed by atoms with Crippen LogP contribution in [0.5, 0.6) is 0 Å². The second-order valence-corrected chi connectivity index (χ2v) is 22.6. The first-order chi connectivity index (χ1) is 14.5. The molecule has 0 unspecified atom stereocenters. The molecule has 0 spiro atoms. The quantitative estimate of drug-likeness (QED) is 0.316. The molecule has 0 atom stereocenters. The lowest BCUT2D eigenvalue weighted by Crippen LogP contribution is -2.52. The minimum Gasteiger partial charge on any atom is -0.437 e. The fourth-order valence-electron chi connectivity index (χ4n) is 4.10. The standard InChI is InChI=1S/C25H39NO2Si3/c1-8-9-19-29(2,3)27-31(6,7)28-30(4,5)20-18-22-10-14-24(15-11-22)25-16-12-23(21-26)13-17-25/h10-17H,8-9,18-20H2,1-7H3. The molecule has 2 rings (SSSR count). The van der Waals surface area contributed by atoms with Crippen LogP contribution in [0, 0.1) is 11.3 Å². The first-order valence-corrected chi connectivity index (χ1v) is 20.5. The summed E-state index contributed by atoms with van der Waals surface area (Å²) in [4.78, 5) is 0. The minimum absolute atomic E-state index is 0.694. The lowest BCUT2D eigenvalue weighted by atomic mass is 10.0. The van der Waals surface area contributed by atoms with Crippen LogP contribution in [0.3, 0.4) is 0 Å². The van der Waals surface area contributed by atoms with Gasteiger partial charge in [0.05, 0.1) is 11.6 Å². The molecule has 0 saturated carbocycles. The summed E-state index contributed by atoms with van der Waals surface area (Å²) in [5.41, 5.74) is 4.37. The first-order valence-electron chi connectivity index (χ1n) is 11.5. The van der Waals surface area contributed by atoms with Gasteiger partial charge in [-0.15, -0.1) is 0 Å². The largest absolute Gasteiger partial charge is 0.437 e. The Balaban J connectivity index is 1.94. The number of hydrogen-bond acceptors (Lipinski definition) is 3. The predicted molar refractivity (Wildman–Crippen MR) is 139 cm³/mol. The molecule has 0 aliphatic heterocycles. The van der Waals surface area contributed by atoms with Crippen molar-refractivity contribution in [3.63, 3.8) is 0 Å². The Kier molecular flexibility index (Phi) is 9.04. The molecule has 2 aromatic rings. The second kappa shape index (κ2) is 10.9. The zero-order chi connectivity index (χ0) is 23.1. The highest BCUT2D eigenvalue weighted by atomic mass is 28.5. The van der Waals surface area contributed by atoms with Crippen LogP contribution in [0.15, 0.2) is 48.5 Å². The molecule has 0 fully saturated rings. The van der Waals surface area contributed by atoms with E-state index in [1.807, 2.05) is 24.3 Å². The van der Waals surface area contributed by atoms with Crippen molar-refractivity contribution in [1.82, 2.24) is 0 Å². The highest BCUT2D eigenvalue weighted by Crippen LogP contribution is 2.27. The summed E-state index contributed by atoms with van der Waals surface area (Å²) in [7, 11) is -5.58. The highest BCUT2D eigenvalue weighted by molar-refractivity contribution is 6.87. The number of nitrogens with zero attached hydrogens (tertiary/aromatic N) is 1. The van der Waals surface area contributed by atoms with Crippen molar-refractivity contribution >= 4 is 25.2 Å². The average Bonchev–Trinajstić information content (AvgIpc) is 2.70. The van der Waals surface area contributed by atoms with Gasteiger partial charge in [-0.2, -0.15) is 5.26 Å². The van der Waals surface area contributed by atoms with Gasteiger partial charge in [0.15, 0.2) is 16.6 Å². The normalized spacial score (nSPS) is 12.6. The number of rotatable bonds is 11. The van der Waals surface area contributed by atoms with Gasteiger partial charge in [0.25, 0.3) is 0 Å². The third-order valence-electron chi connectivity index (χ3n) is 5.49. The summed E-state index contributed by atoms with van der Waals surface area (Å²) >= 11 is 0. The van der Waals surface area contributed by atoms with Gasteiger partial charge in [-0.25, -0.2) is 0 Å². The molecular weight excluding hydrogens is 431 g/mol. The van der Waals surface area contributed by atoms with E-state index in [1.165, 1.54) is 30.0 Å². The minimum atomic E-state index is -2.12. The Bertz CT molecular complexity index is 869. The fraction of sp³-hybridized carbons (Fsp3) is 0.480. The smallest absolute Gasteiger partial charge is 0.311 e. The van der Waals surface area contributed by atoms with Crippen LogP contribution in [0.1, 0.15) is 30.9 Å². The van der Waals surface area contributed by atoms with E-state index in [0.29, 0.717) is 5.56 Å². The molecule has 0 amide bonds. The number of hydrogen-bond donors (Lipinski definition) is 0. The molecule has 0 radical (unpaired) electrons. The summed E-state index contributed by atoms with van der Waals surface area (Å²) in [5.74, 6) is 0. The molecule has 0 aliphatic carbocycles. The van der Waals surface area contributed by atoms with Crippen molar-refractivity contribution in [2.24, 2.45) is 0 Å². The molecule has 0 saturated heterocycles. The van der Waals surface area contributed by atoms with E-state index in [4.69, 9.17) is 13.5 Å². The predicted octanol–water partition coefficient (Wildman–Crippen LogP) is 7.71. The van der Waals surface area contributed by atoms with Crippen LogP contribution >= 0.6 is 0 Å². The van der Waals surface area contributed by atoms with Crippen molar-refractivity contribution in [3.8, 4) is 17.2 Å². The van der Waals surface area contributed by atoms with Crippen LogP contribution in [0.2, 0.25) is 51.4 Å². The Labute approximate surface area is 192 Å². The second-order valence-electron chi connectivity index (χ2n) is 10.1. The summed E-state index contributed by atoms with van der Waals surface area (Å²) in [6.07, 6.45) is 3.52. The molecule has 31 heavy (non-hydrogen) atoms. The summed E-state index contributed by atoms with van der Waals surface area (Å²) in [5, 5.41) is 8.96. The van der Waals surface area contributed by atoms with Gasteiger partial charge in [0.1, 0.15) is 0 Å². The fourth-order valence-corrected chi connectivity index (χ4v) is 18.2. The van der Waals surface area contributed by atoms with Crippen molar-refractivity contribution in [1.29, 1.82) is 5.26 Å². The van der Waals surface area contributed by atoms with Gasteiger partial charge >= 0.3 is 8.56 Å². The molecule has 6 heteroatoms. The van der Waals surface area contributed by atoms with Crippen molar-refractivity contribution in [2.45, 2.75) is 77.6 Å². The van der Waals surface area contributed by atoms with Crippen LogP contribution in [0.4, 0.5) is 0 Å². The van der Waals surface area contributed by atoms with Crippen LogP contribution in [-0.2, 0) is 14.7 Å². The van der Waals surface area contributed by atoms with Crippen LogP contribution in [-0.4, -0.2) is 25.2 Å². The monoisotopic (exact) mass is 469 g/mol. The topological polar surface area (TPSA) is 42.2 Å². The average molecular weight is 470 g/mol. The zero-order valence-corrected chi connectivity index (χ0v) is 23.4. The maximum atomic E-state index is 8.96. The van der Waals surface area contributed by atoms with Crippen molar-refractivity contribution < 1.29 is 8.23 Å². The highest BCUT2D eigenvalue weighted by Gasteiger charge is 2.39. The van der Waals surface area contributed by atoms with E-state index < -0.39 is 25.2 Å². The van der Waals surface area contributed by atoms with Crippen molar-refractivity contribution in [3.05, 3.63) is 59.7 Å². The molecule has 2 aromatic carbocycles. The molecular formula is C25H39NO2Si3. The van der Waals surface area contributed by atoms with Crippen molar-refractivity contribution in [2.75, 3.05) is 0 Å². The van der Waals surface area contributed by atoms with Gasteiger partial charge in [0.2, 0.25) is 0 Å². The van der Waals surface area contributed by atoms with E-state index in [1.54, 1.807) is 0 Å². The van der Waals surface area contributed by atoms with Crippen LogP contribution < -0.4 is 0 Å². The van der Waals surface area contributed by atoms with Gasteiger partial charge in [-0.05, 0) is 86.6 Å². The molecule has 3 nitrogen and oxygen atoms in total. The third-order valence-corrected chi connectivity index (χ3v) is 16.9. The van der Waals surface area contributed by atoms with Gasteiger partial charge in [-0.3, -0.25) is 0 Å². The maximum Gasteiger partial charge on any atom is 0.311 e. The summed E-state index contributed by atoms with van der Waals surface area (Å²) in [6, 6.07) is 21.0. The summed E-state index contributed by atoms with van der Waals surface area (Å²) in [6.45, 7) is 16.0. The van der Waals surface area contributed by atoms with E-state index in [2.05, 4.69) is 76.5 Å². The Morgan fingerprint density at radius 3 is 1.71 bits per heavy atom. The van der Waals surface area contributed by atoms with E-state index in [0.717, 1.165) is 18.0 Å². The molecule has 168 valence electrons. The molecule has 0 bridgehead atoms. The van der Waals surface area contributed by atoms with E-state index in [-0.39, 0.29) is 0 Å². The Morgan fingerprint density at radius 2 is 1.23 bits per heavy atom. The molecule has 0 aliphatic rings. The van der Waals surface area contributed by atoms with E-state index >= 15 is 0 Å². The number of benzene rings is 2. The van der Waals surface area contributed by atoms with E-state index in [9.17, 15) is 0 Å². The first kappa shape index (κ1) is 25.8. The summed E-state index contributed by atoms with van der Waals surface area (Å²) < 4.78 is 13.4.